The summed E-state index contributed by atoms with van der Waals surface area (Å²) in [7, 11) is 0. The molecule has 3 N–H and O–H groups in total. The lowest BCUT2D eigenvalue weighted by molar-refractivity contribution is -0.119. The maximum Gasteiger partial charge on any atom is 0.259 e. The number of amides is 1. The molecule has 0 saturated heterocycles. The van der Waals surface area contributed by atoms with Gasteiger partial charge in [-0.2, -0.15) is 5.10 Å². The normalized spacial score (nSPS) is 11.2. The van der Waals surface area contributed by atoms with Gasteiger partial charge in [-0.15, -0.1) is 0 Å². The predicted molar refractivity (Wildman–Crippen MR) is 104 cm³/mol. The van der Waals surface area contributed by atoms with Gasteiger partial charge in [0.1, 0.15) is 5.75 Å². The van der Waals surface area contributed by atoms with E-state index in [4.69, 9.17) is 11.6 Å². The Labute approximate surface area is 161 Å². The van der Waals surface area contributed by atoms with Crippen LogP contribution in [-0.2, 0) is 4.79 Å². The summed E-state index contributed by atoms with van der Waals surface area (Å²) >= 11 is 12.3. The Morgan fingerprint density at radius 1 is 1.21 bits per heavy atom. The number of phenols is 1. The molecule has 0 atom stereocenters. The van der Waals surface area contributed by atoms with E-state index in [1.165, 1.54) is 0 Å². The fraction of sp³-hybridized carbons (Fsp3) is 0.125. The zero-order chi connectivity index (χ0) is 17.7. The zero-order valence-electron chi connectivity index (χ0n) is 12.6. The van der Waals surface area contributed by atoms with Crippen molar-refractivity contribution in [1.82, 2.24) is 5.43 Å². The quantitative estimate of drug-likeness (QED) is 0.440. The van der Waals surface area contributed by atoms with Crippen LogP contribution in [0.4, 0.5) is 5.69 Å². The van der Waals surface area contributed by atoms with Crippen LogP contribution in [0.1, 0.15) is 12.5 Å². The molecule has 8 heteroatoms. The van der Waals surface area contributed by atoms with Crippen LogP contribution in [-0.4, -0.2) is 23.3 Å². The molecule has 2 aromatic rings. The molecule has 0 fully saturated rings. The van der Waals surface area contributed by atoms with E-state index in [1.807, 2.05) is 0 Å². The maximum absolute atomic E-state index is 11.8. The Balaban J connectivity index is 1.94. The number of benzene rings is 2. The Kier molecular flexibility index (Phi) is 6.65. The second kappa shape index (κ2) is 8.50. The Hall–Kier alpha value is -1.57. The minimum atomic E-state index is -0.277. The van der Waals surface area contributed by atoms with Crippen molar-refractivity contribution < 1.29 is 9.90 Å². The molecule has 0 aliphatic rings. The first-order valence-corrected chi connectivity index (χ1v) is 8.84. The summed E-state index contributed by atoms with van der Waals surface area (Å²) in [5, 5.41) is 17.4. The number of hydrogen-bond donors (Lipinski definition) is 3. The Bertz CT molecular complexity index is 756. The summed E-state index contributed by atoms with van der Waals surface area (Å²) in [6, 6.07) is 10.5. The number of anilines is 1. The number of rotatable bonds is 5. The molecule has 2 aromatic carbocycles. The van der Waals surface area contributed by atoms with Gasteiger partial charge in [0.15, 0.2) is 0 Å². The van der Waals surface area contributed by atoms with Gasteiger partial charge < -0.3 is 10.4 Å². The molecule has 0 aliphatic carbocycles. The number of nitrogens with one attached hydrogen (secondary N) is 2. The fourth-order valence-electron chi connectivity index (χ4n) is 1.77. The summed E-state index contributed by atoms with van der Waals surface area (Å²) < 4.78 is 1.08. The average Bonchev–Trinajstić information content (AvgIpc) is 2.56. The van der Waals surface area contributed by atoms with Crippen LogP contribution < -0.4 is 10.7 Å². The molecule has 0 radical (unpaired) electrons. The van der Waals surface area contributed by atoms with Crippen LogP contribution in [0.15, 0.2) is 50.4 Å². The second-order valence-electron chi connectivity index (χ2n) is 4.88. The van der Waals surface area contributed by atoms with Crippen molar-refractivity contribution in [2.24, 2.45) is 5.10 Å². The van der Waals surface area contributed by atoms with Crippen molar-refractivity contribution in [2.45, 2.75) is 6.92 Å². The lowest BCUT2D eigenvalue weighted by Gasteiger charge is -2.07. The van der Waals surface area contributed by atoms with Crippen molar-refractivity contribution in [3.05, 3.63) is 55.9 Å². The fourth-order valence-corrected chi connectivity index (χ4v) is 3.09. The lowest BCUT2D eigenvalue weighted by Crippen LogP contribution is -2.26. The van der Waals surface area contributed by atoms with Gasteiger partial charge >= 0.3 is 0 Å². The molecule has 0 heterocycles. The van der Waals surface area contributed by atoms with E-state index in [9.17, 15) is 9.90 Å². The number of hydrazone groups is 1. The first kappa shape index (κ1) is 18.8. The monoisotopic (exact) mass is 473 g/mol. The molecule has 24 heavy (non-hydrogen) atoms. The molecule has 0 saturated carbocycles. The van der Waals surface area contributed by atoms with Crippen molar-refractivity contribution >= 4 is 60.8 Å². The molecule has 1 amide bonds. The van der Waals surface area contributed by atoms with Gasteiger partial charge in [-0.1, -0.05) is 11.6 Å². The van der Waals surface area contributed by atoms with E-state index in [-0.39, 0.29) is 18.2 Å². The van der Waals surface area contributed by atoms with Crippen LogP contribution in [0.2, 0.25) is 5.02 Å². The van der Waals surface area contributed by atoms with Gasteiger partial charge in [-0.3, -0.25) is 4.79 Å². The third kappa shape index (κ3) is 5.22. The van der Waals surface area contributed by atoms with Crippen LogP contribution >= 0.6 is 43.5 Å². The smallest absolute Gasteiger partial charge is 0.259 e. The topological polar surface area (TPSA) is 73.7 Å². The molecular weight excluding hydrogens is 461 g/mol. The molecule has 2 rings (SSSR count). The summed E-state index contributed by atoms with van der Waals surface area (Å²) in [4.78, 5) is 11.8. The second-order valence-corrected chi connectivity index (χ2v) is 7.03. The highest BCUT2D eigenvalue weighted by atomic mass is 79.9. The summed E-state index contributed by atoms with van der Waals surface area (Å²) in [5.74, 6) is -0.163. The van der Waals surface area contributed by atoms with Crippen LogP contribution in [0.3, 0.4) is 0 Å². The Morgan fingerprint density at radius 2 is 1.79 bits per heavy atom. The van der Waals surface area contributed by atoms with Crippen molar-refractivity contribution in [2.75, 3.05) is 11.9 Å². The number of phenolic OH excluding ortho intramolecular Hbond substituents is 1. The third-order valence-corrected chi connectivity index (χ3v) is 4.54. The zero-order valence-corrected chi connectivity index (χ0v) is 16.5. The number of carbonyl (C=O) groups excluding carboxylic acids is 1. The molecule has 0 aromatic heterocycles. The highest BCUT2D eigenvalue weighted by Crippen LogP contribution is 2.33. The van der Waals surface area contributed by atoms with Crippen molar-refractivity contribution in [1.29, 1.82) is 0 Å². The Morgan fingerprint density at radius 3 is 2.38 bits per heavy atom. The summed E-state index contributed by atoms with van der Waals surface area (Å²) in [5.41, 5.74) is 4.65. The third-order valence-electron chi connectivity index (χ3n) is 3.08. The van der Waals surface area contributed by atoms with Crippen molar-refractivity contribution in [3.8, 4) is 5.75 Å². The highest BCUT2D eigenvalue weighted by Gasteiger charge is 2.08. The van der Waals surface area contributed by atoms with Gasteiger partial charge in [0, 0.05) is 10.7 Å². The van der Waals surface area contributed by atoms with Gasteiger partial charge in [0.05, 0.1) is 21.2 Å². The highest BCUT2D eigenvalue weighted by molar-refractivity contribution is 9.11. The van der Waals surface area contributed by atoms with E-state index in [2.05, 4.69) is 47.7 Å². The number of halogens is 3. The van der Waals surface area contributed by atoms with E-state index in [1.54, 1.807) is 43.3 Å². The van der Waals surface area contributed by atoms with Crippen molar-refractivity contribution in [3.63, 3.8) is 0 Å². The van der Waals surface area contributed by atoms with Gasteiger partial charge in [0.2, 0.25) is 0 Å². The van der Waals surface area contributed by atoms with Crippen LogP contribution in [0.5, 0.6) is 5.75 Å². The number of hydrogen-bond acceptors (Lipinski definition) is 4. The molecule has 0 aliphatic heterocycles. The van der Waals surface area contributed by atoms with Gasteiger partial charge in [-0.05, 0) is 80.7 Å². The number of aromatic hydroxyl groups is 1. The van der Waals surface area contributed by atoms with Crippen LogP contribution in [0.25, 0.3) is 0 Å². The van der Waals surface area contributed by atoms with E-state index < -0.39 is 0 Å². The summed E-state index contributed by atoms with van der Waals surface area (Å²) in [6.45, 7) is 1.85. The van der Waals surface area contributed by atoms with Gasteiger partial charge in [-0.25, -0.2) is 5.43 Å². The first-order valence-electron chi connectivity index (χ1n) is 6.88. The molecular formula is C16H14Br2ClN3O2. The van der Waals surface area contributed by atoms with E-state index in [0.29, 0.717) is 19.7 Å². The predicted octanol–water partition coefficient (Wildman–Crippen LogP) is 4.52. The van der Waals surface area contributed by atoms with E-state index in [0.717, 1.165) is 11.3 Å². The van der Waals surface area contributed by atoms with Gasteiger partial charge in [0.25, 0.3) is 5.91 Å². The van der Waals surface area contributed by atoms with E-state index >= 15 is 0 Å². The molecule has 126 valence electrons. The number of nitrogens with zero attached hydrogens (tertiary/aromatic N) is 1. The maximum atomic E-state index is 11.8. The minimum absolute atomic E-state index is 0.0847. The molecule has 5 nitrogen and oxygen atoms in total. The molecule has 0 bridgehead atoms. The largest absolute Gasteiger partial charge is 0.506 e. The minimum Gasteiger partial charge on any atom is -0.506 e. The molecule has 0 unspecified atom stereocenters. The summed E-state index contributed by atoms with van der Waals surface area (Å²) in [6.07, 6.45) is 0. The number of carbonyl (C=O) groups is 1. The standard InChI is InChI=1S/C16H14Br2ClN3O2/c1-9(10-6-13(17)16(24)14(18)7-10)21-22-15(23)8-20-12-4-2-11(19)3-5-12/h2-7,20,24H,8H2,1H3,(H,22,23)/b21-9+. The SMILES string of the molecule is C/C(=N\NC(=O)CNc1ccc(Cl)cc1)c1cc(Br)c(O)c(Br)c1. The first-order chi connectivity index (χ1) is 11.4. The van der Waals surface area contributed by atoms with Crippen LogP contribution in [0, 0.1) is 0 Å². The lowest BCUT2D eigenvalue weighted by atomic mass is 10.1. The average molecular weight is 476 g/mol. The molecule has 0 spiro atoms.